The molecule has 20 heavy (non-hydrogen) atoms. The number of carbonyl (C=O) groups is 1. The number of benzene rings is 1. The third-order valence-corrected chi connectivity index (χ3v) is 6.18. The minimum Gasteiger partial charge on any atom is -0.294 e. The summed E-state index contributed by atoms with van der Waals surface area (Å²) in [7, 11) is -3.09. The average Bonchev–Trinajstić information content (AvgIpc) is 2.40. The molecule has 3 nitrogen and oxygen atoms in total. The zero-order valence-electron chi connectivity index (χ0n) is 11.1. The van der Waals surface area contributed by atoms with Gasteiger partial charge in [-0.1, -0.05) is 29.6 Å². The molecular weight excluding hydrogens is 319 g/mol. The van der Waals surface area contributed by atoms with E-state index in [0.29, 0.717) is 28.5 Å². The van der Waals surface area contributed by atoms with Crippen LogP contribution < -0.4 is 0 Å². The fourth-order valence-corrected chi connectivity index (χ4v) is 4.13. The molecule has 0 N–H and O–H groups in total. The zero-order chi connectivity index (χ0) is 14.9. The van der Waals surface area contributed by atoms with E-state index in [0.717, 1.165) is 12.8 Å². The Hall–Kier alpha value is -0.580. The van der Waals surface area contributed by atoms with Crippen LogP contribution in [0, 0.1) is 5.92 Å². The first-order chi connectivity index (χ1) is 9.29. The monoisotopic (exact) mass is 334 g/mol. The summed E-state index contributed by atoms with van der Waals surface area (Å²) < 4.78 is 23.3. The second-order valence-electron chi connectivity index (χ2n) is 5.31. The maximum atomic E-state index is 12.4. The molecule has 0 saturated heterocycles. The van der Waals surface area contributed by atoms with E-state index in [9.17, 15) is 13.2 Å². The van der Waals surface area contributed by atoms with Gasteiger partial charge in [-0.15, -0.1) is 0 Å². The van der Waals surface area contributed by atoms with Crippen LogP contribution in [0.4, 0.5) is 0 Å². The number of carbonyl (C=O) groups excluding carboxylic acids is 1. The number of halogens is 2. The van der Waals surface area contributed by atoms with Crippen LogP contribution in [0.5, 0.6) is 0 Å². The maximum absolute atomic E-state index is 12.4. The predicted molar refractivity (Wildman–Crippen MR) is 81.4 cm³/mol. The summed E-state index contributed by atoms with van der Waals surface area (Å²) >= 11 is 11.7. The fourth-order valence-electron chi connectivity index (χ4n) is 2.66. The van der Waals surface area contributed by atoms with Crippen molar-refractivity contribution in [1.82, 2.24) is 0 Å². The highest BCUT2D eigenvalue weighted by atomic mass is 35.5. The van der Waals surface area contributed by atoms with Gasteiger partial charge >= 0.3 is 0 Å². The molecule has 1 aliphatic rings. The molecule has 0 bridgehead atoms. The topological polar surface area (TPSA) is 51.2 Å². The molecule has 0 spiro atoms. The van der Waals surface area contributed by atoms with Gasteiger partial charge in [0, 0.05) is 17.7 Å². The van der Waals surface area contributed by atoms with Gasteiger partial charge in [0.25, 0.3) is 0 Å². The van der Waals surface area contributed by atoms with Gasteiger partial charge in [-0.25, -0.2) is 8.42 Å². The number of hydrogen-bond donors (Lipinski definition) is 0. The lowest BCUT2D eigenvalue weighted by molar-refractivity contribution is 0.0891. The van der Waals surface area contributed by atoms with Crippen molar-refractivity contribution in [1.29, 1.82) is 0 Å². The zero-order valence-corrected chi connectivity index (χ0v) is 13.4. The minimum atomic E-state index is -3.09. The largest absolute Gasteiger partial charge is 0.294 e. The number of Topliss-reactive ketones (excluding diaryl/α,β-unsaturated/α-hetero) is 1. The number of ketones is 1. The van der Waals surface area contributed by atoms with Gasteiger partial charge in [0.2, 0.25) is 0 Å². The molecule has 2 rings (SSSR count). The van der Waals surface area contributed by atoms with Crippen molar-refractivity contribution < 1.29 is 13.2 Å². The Morgan fingerprint density at radius 3 is 2.50 bits per heavy atom. The summed E-state index contributed by atoms with van der Waals surface area (Å²) in [6.07, 6.45) is 3.77. The SMILES string of the molecule is CS(=O)(=O)C1CCCC(C(=O)c2ccc(Cl)c(Cl)c2)C1. The molecule has 0 aliphatic heterocycles. The Labute approximate surface area is 129 Å². The molecule has 1 fully saturated rings. The van der Waals surface area contributed by atoms with Crippen molar-refractivity contribution in [3.05, 3.63) is 33.8 Å². The summed E-state index contributed by atoms with van der Waals surface area (Å²) in [6.45, 7) is 0. The normalized spacial score (nSPS) is 23.6. The highest BCUT2D eigenvalue weighted by molar-refractivity contribution is 7.91. The van der Waals surface area contributed by atoms with Crippen LogP contribution in [0.2, 0.25) is 10.0 Å². The van der Waals surface area contributed by atoms with E-state index in [4.69, 9.17) is 23.2 Å². The third-order valence-electron chi connectivity index (χ3n) is 3.81. The highest BCUT2D eigenvalue weighted by Gasteiger charge is 2.32. The summed E-state index contributed by atoms with van der Waals surface area (Å²) in [5.74, 6) is -0.294. The lowest BCUT2D eigenvalue weighted by Gasteiger charge is -2.27. The van der Waals surface area contributed by atoms with Crippen LogP contribution >= 0.6 is 23.2 Å². The summed E-state index contributed by atoms with van der Waals surface area (Å²) in [5.41, 5.74) is 0.499. The molecule has 0 aromatic heterocycles. The van der Waals surface area contributed by atoms with Crippen LogP contribution in [0.3, 0.4) is 0 Å². The Balaban J connectivity index is 2.18. The lowest BCUT2D eigenvalue weighted by atomic mass is 9.83. The van der Waals surface area contributed by atoms with Gasteiger partial charge in [0.15, 0.2) is 5.78 Å². The molecule has 1 aromatic carbocycles. The molecular formula is C14H16Cl2O3S. The Morgan fingerprint density at radius 2 is 1.90 bits per heavy atom. The van der Waals surface area contributed by atoms with Crippen molar-refractivity contribution in [2.24, 2.45) is 5.92 Å². The van der Waals surface area contributed by atoms with E-state index in [-0.39, 0.29) is 11.7 Å². The van der Waals surface area contributed by atoms with Crippen LogP contribution in [0.25, 0.3) is 0 Å². The molecule has 2 atom stereocenters. The van der Waals surface area contributed by atoms with Gasteiger partial charge < -0.3 is 0 Å². The van der Waals surface area contributed by atoms with Crippen molar-refractivity contribution in [2.45, 2.75) is 30.9 Å². The smallest absolute Gasteiger partial charge is 0.166 e. The second kappa shape index (κ2) is 6.04. The summed E-state index contributed by atoms with van der Waals surface area (Å²) in [4.78, 5) is 12.4. The van der Waals surface area contributed by atoms with Crippen LogP contribution in [0.1, 0.15) is 36.0 Å². The fraction of sp³-hybridized carbons (Fsp3) is 0.500. The quantitative estimate of drug-likeness (QED) is 0.790. The van der Waals surface area contributed by atoms with E-state index in [1.807, 2.05) is 0 Å². The maximum Gasteiger partial charge on any atom is 0.166 e. The van der Waals surface area contributed by atoms with Crippen LogP contribution in [-0.4, -0.2) is 25.7 Å². The number of sulfone groups is 1. The molecule has 1 saturated carbocycles. The predicted octanol–water partition coefficient (Wildman–Crippen LogP) is 3.78. The molecule has 0 heterocycles. The molecule has 2 unspecified atom stereocenters. The Bertz CT molecular complexity index is 625. The van der Waals surface area contributed by atoms with Gasteiger partial charge in [-0.2, -0.15) is 0 Å². The summed E-state index contributed by atoms with van der Waals surface area (Å²) in [6, 6.07) is 4.78. The van der Waals surface area contributed by atoms with E-state index in [2.05, 4.69) is 0 Å². The first-order valence-electron chi connectivity index (χ1n) is 6.47. The average molecular weight is 335 g/mol. The number of hydrogen-bond acceptors (Lipinski definition) is 3. The third kappa shape index (κ3) is 3.54. The van der Waals surface area contributed by atoms with E-state index < -0.39 is 15.1 Å². The first kappa shape index (κ1) is 15.8. The molecule has 0 amide bonds. The Kier molecular flexibility index (Phi) is 4.77. The van der Waals surface area contributed by atoms with Gasteiger partial charge in [-0.05, 0) is 37.5 Å². The minimum absolute atomic E-state index is 0.0445. The van der Waals surface area contributed by atoms with Crippen LogP contribution in [0.15, 0.2) is 18.2 Å². The molecule has 1 aromatic rings. The van der Waals surface area contributed by atoms with Crippen LogP contribution in [-0.2, 0) is 9.84 Å². The van der Waals surface area contributed by atoms with E-state index >= 15 is 0 Å². The van der Waals surface area contributed by atoms with Crippen molar-refractivity contribution in [3.8, 4) is 0 Å². The van der Waals surface area contributed by atoms with Gasteiger partial charge in [-0.3, -0.25) is 4.79 Å². The van der Waals surface area contributed by atoms with Crippen molar-refractivity contribution >= 4 is 38.8 Å². The highest BCUT2D eigenvalue weighted by Crippen LogP contribution is 2.32. The second-order valence-corrected chi connectivity index (χ2v) is 8.45. The van der Waals surface area contributed by atoms with Gasteiger partial charge in [0.05, 0.1) is 15.3 Å². The molecule has 1 aliphatic carbocycles. The summed E-state index contributed by atoms with van der Waals surface area (Å²) in [5, 5.41) is 0.335. The van der Waals surface area contributed by atoms with Gasteiger partial charge in [0.1, 0.15) is 9.84 Å². The molecule has 110 valence electrons. The van der Waals surface area contributed by atoms with E-state index in [1.54, 1.807) is 18.2 Å². The van der Waals surface area contributed by atoms with Crippen molar-refractivity contribution in [2.75, 3.05) is 6.26 Å². The van der Waals surface area contributed by atoms with E-state index in [1.165, 1.54) is 6.26 Å². The number of rotatable bonds is 3. The van der Waals surface area contributed by atoms with Crippen molar-refractivity contribution in [3.63, 3.8) is 0 Å². The molecule has 6 heteroatoms. The first-order valence-corrected chi connectivity index (χ1v) is 9.18. The Morgan fingerprint density at radius 1 is 1.20 bits per heavy atom. The lowest BCUT2D eigenvalue weighted by Crippen LogP contribution is -2.31. The molecule has 0 radical (unpaired) electrons. The standard InChI is InChI=1S/C14H16Cl2O3S/c1-20(18,19)11-4-2-3-9(7-11)14(17)10-5-6-12(15)13(16)8-10/h5-6,8-9,11H,2-4,7H2,1H3.